The van der Waals surface area contributed by atoms with Gasteiger partial charge in [0.1, 0.15) is 10.4 Å². The number of halogens is 2. The maximum Gasteiger partial charge on any atom is 0.132 e. The van der Waals surface area contributed by atoms with E-state index in [0.717, 1.165) is 22.4 Å². The van der Waals surface area contributed by atoms with Crippen LogP contribution in [0.5, 0.6) is 0 Å². The van der Waals surface area contributed by atoms with Gasteiger partial charge in [-0.3, -0.25) is 0 Å². The van der Waals surface area contributed by atoms with Crippen LogP contribution < -0.4 is 0 Å². The van der Waals surface area contributed by atoms with Crippen LogP contribution in [0.15, 0.2) is 29.0 Å². The van der Waals surface area contributed by atoms with Gasteiger partial charge in [0.15, 0.2) is 0 Å². The number of aryl methyl sites for hydroxylation is 1. The molecule has 0 N–H and O–H groups in total. The first kappa shape index (κ1) is 9.03. The second-order valence-electron chi connectivity index (χ2n) is 2.71. The zero-order valence-electron chi connectivity index (χ0n) is 6.87. The van der Waals surface area contributed by atoms with Crippen molar-refractivity contribution in [3.05, 3.63) is 34.8 Å². The lowest BCUT2D eigenvalue weighted by molar-refractivity contribution is 0.936. The van der Waals surface area contributed by atoms with E-state index in [1.54, 1.807) is 0 Å². The molecule has 0 aromatic carbocycles. The Kier molecular flexibility index (Phi) is 2.56. The Bertz CT molecular complexity index is 424. The molecule has 2 heterocycles. The standard InChI is InChI=1S/C9H8BrClN2/c10-9-7-3-1-2-6-13(7)8(12-9)4-5-11/h1-3,6H,4-5H2. The van der Waals surface area contributed by atoms with E-state index in [1.165, 1.54) is 0 Å². The van der Waals surface area contributed by atoms with Gasteiger partial charge in [-0.25, -0.2) is 4.98 Å². The van der Waals surface area contributed by atoms with Crippen molar-refractivity contribution in [3.8, 4) is 0 Å². The average molecular weight is 260 g/mol. The van der Waals surface area contributed by atoms with Crippen LogP contribution in [-0.2, 0) is 6.42 Å². The van der Waals surface area contributed by atoms with Gasteiger partial charge < -0.3 is 4.40 Å². The number of hydrogen-bond acceptors (Lipinski definition) is 1. The fourth-order valence-corrected chi connectivity index (χ4v) is 2.02. The fraction of sp³-hybridized carbons (Fsp3) is 0.222. The maximum atomic E-state index is 5.68. The SMILES string of the molecule is ClCCc1nc(Br)c2ccccn12. The van der Waals surface area contributed by atoms with Crippen LogP contribution in [0, 0.1) is 0 Å². The molecule has 0 radical (unpaired) electrons. The highest BCUT2D eigenvalue weighted by Gasteiger charge is 2.06. The summed E-state index contributed by atoms with van der Waals surface area (Å²) < 4.78 is 2.93. The van der Waals surface area contributed by atoms with Crippen molar-refractivity contribution < 1.29 is 0 Å². The van der Waals surface area contributed by atoms with Gasteiger partial charge in [-0.1, -0.05) is 6.07 Å². The number of nitrogens with zero attached hydrogens (tertiary/aromatic N) is 2. The largest absolute Gasteiger partial charge is 0.302 e. The molecule has 0 bridgehead atoms. The fourth-order valence-electron chi connectivity index (χ4n) is 1.32. The Labute approximate surface area is 89.7 Å². The minimum Gasteiger partial charge on any atom is -0.302 e. The molecule has 0 aliphatic heterocycles. The van der Waals surface area contributed by atoms with E-state index in [4.69, 9.17) is 11.6 Å². The molecule has 0 fully saturated rings. The summed E-state index contributed by atoms with van der Waals surface area (Å²) in [4.78, 5) is 4.37. The van der Waals surface area contributed by atoms with Gasteiger partial charge in [-0.2, -0.15) is 0 Å². The Hall–Kier alpha value is -0.540. The van der Waals surface area contributed by atoms with Gasteiger partial charge in [0.2, 0.25) is 0 Å². The summed E-state index contributed by atoms with van der Waals surface area (Å²) >= 11 is 9.09. The zero-order chi connectivity index (χ0) is 9.26. The number of rotatable bonds is 2. The number of alkyl halides is 1. The lowest BCUT2D eigenvalue weighted by Crippen LogP contribution is -1.94. The van der Waals surface area contributed by atoms with Gasteiger partial charge in [-0.15, -0.1) is 11.6 Å². The molecular weight excluding hydrogens is 251 g/mol. The molecular formula is C9H8BrClN2. The summed E-state index contributed by atoms with van der Waals surface area (Å²) in [6.45, 7) is 0. The molecule has 2 aromatic heterocycles. The minimum atomic E-state index is 0.598. The quantitative estimate of drug-likeness (QED) is 0.758. The van der Waals surface area contributed by atoms with E-state index in [9.17, 15) is 0 Å². The van der Waals surface area contributed by atoms with E-state index in [2.05, 4.69) is 20.9 Å². The van der Waals surface area contributed by atoms with Crippen LogP contribution in [0.3, 0.4) is 0 Å². The molecule has 2 aromatic rings. The van der Waals surface area contributed by atoms with Crippen molar-refractivity contribution in [3.63, 3.8) is 0 Å². The van der Waals surface area contributed by atoms with Crippen molar-refractivity contribution >= 4 is 33.0 Å². The molecule has 0 amide bonds. The first-order valence-corrected chi connectivity index (χ1v) is 5.33. The van der Waals surface area contributed by atoms with Crippen LogP contribution in [0.4, 0.5) is 0 Å². The van der Waals surface area contributed by atoms with Gasteiger partial charge in [-0.05, 0) is 28.1 Å². The molecule has 0 aliphatic carbocycles. The lowest BCUT2D eigenvalue weighted by atomic mass is 10.4. The van der Waals surface area contributed by atoms with Crippen molar-refractivity contribution in [1.29, 1.82) is 0 Å². The van der Waals surface area contributed by atoms with Crippen molar-refractivity contribution in [2.45, 2.75) is 6.42 Å². The van der Waals surface area contributed by atoms with Gasteiger partial charge in [0.05, 0.1) is 5.52 Å². The smallest absolute Gasteiger partial charge is 0.132 e. The highest BCUT2D eigenvalue weighted by atomic mass is 79.9. The Morgan fingerprint density at radius 1 is 1.46 bits per heavy atom. The summed E-state index contributed by atoms with van der Waals surface area (Å²) in [5, 5.41) is 0. The molecule has 0 spiro atoms. The van der Waals surface area contributed by atoms with Crippen LogP contribution in [0.2, 0.25) is 0 Å². The van der Waals surface area contributed by atoms with Crippen molar-refractivity contribution in [1.82, 2.24) is 9.38 Å². The number of pyridine rings is 1. The van der Waals surface area contributed by atoms with E-state index in [1.807, 2.05) is 28.8 Å². The molecule has 2 rings (SSSR count). The molecule has 4 heteroatoms. The Morgan fingerprint density at radius 2 is 2.31 bits per heavy atom. The van der Waals surface area contributed by atoms with Crippen LogP contribution in [0.25, 0.3) is 5.52 Å². The Morgan fingerprint density at radius 3 is 3.08 bits per heavy atom. The molecule has 2 nitrogen and oxygen atoms in total. The predicted molar refractivity (Wildman–Crippen MR) is 57.3 cm³/mol. The van der Waals surface area contributed by atoms with E-state index in [-0.39, 0.29) is 0 Å². The van der Waals surface area contributed by atoms with Crippen LogP contribution in [0.1, 0.15) is 5.82 Å². The minimum absolute atomic E-state index is 0.598. The molecule has 0 saturated carbocycles. The monoisotopic (exact) mass is 258 g/mol. The predicted octanol–water partition coefficient (Wildman–Crippen LogP) is 2.88. The summed E-state index contributed by atoms with van der Waals surface area (Å²) in [7, 11) is 0. The van der Waals surface area contributed by atoms with E-state index in [0.29, 0.717) is 5.88 Å². The summed E-state index contributed by atoms with van der Waals surface area (Å²) in [5.74, 6) is 1.60. The second-order valence-corrected chi connectivity index (χ2v) is 3.84. The Balaban J connectivity index is 2.63. The number of aromatic nitrogens is 2. The third kappa shape index (κ3) is 1.58. The normalized spacial score (nSPS) is 10.9. The molecule has 0 unspecified atom stereocenters. The van der Waals surface area contributed by atoms with Gasteiger partial charge in [0, 0.05) is 18.5 Å². The topological polar surface area (TPSA) is 17.3 Å². The van der Waals surface area contributed by atoms with Crippen molar-refractivity contribution in [2.24, 2.45) is 0 Å². The molecule has 0 aliphatic rings. The highest BCUT2D eigenvalue weighted by Crippen LogP contribution is 2.18. The molecule has 0 atom stereocenters. The van der Waals surface area contributed by atoms with E-state index >= 15 is 0 Å². The number of imidazole rings is 1. The number of hydrogen-bond donors (Lipinski definition) is 0. The third-order valence-corrected chi connectivity index (χ3v) is 2.67. The van der Waals surface area contributed by atoms with Crippen LogP contribution >= 0.6 is 27.5 Å². The summed E-state index contributed by atoms with van der Waals surface area (Å²) in [6, 6.07) is 6.00. The summed E-state index contributed by atoms with van der Waals surface area (Å²) in [5.41, 5.74) is 1.09. The van der Waals surface area contributed by atoms with Crippen molar-refractivity contribution in [2.75, 3.05) is 5.88 Å². The van der Waals surface area contributed by atoms with Crippen LogP contribution in [-0.4, -0.2) is 15.3 Å². The summed E-state index contributed by atoms with van der Waals surface area (Å²) in [6.07, 6.45) is 2.79. The third-order valence-electron chi connectivity index (χ3n) is 1.89. The average Bonchev–Trinajstić information content (AvgIpc) is 2.46. The molecule has 13 heavy (non-hydrogen) atoms. The molecule has 0 saturated heterocycles. The first-order valence-electron chi connectivity index (χ1n) is 4.00. The molecule has 68 valence electrons. The van der Waals surface area contributed by atoms with Gasteiger partial charge in [0.25, 0.3) is 0 Å². The second kappa shape index (κ2) is 3.68. The first-order chi connectivity index (χ1) is 6.33. The van der Waals surface area contributed by atoms with E-state index < -0.39 is 0 Å². The lowest BCUT2D eigenvalue weighted by Gasteiger charge is -1.96. The maximum absolute atomic E-state index is 5.68. The van der Waals surface area contributed by atoms with Gasteiger partial charge >= 0.3 is 0 Å². The number of fused-ring (bicyclic) bond motifs is 1. The zero-order valence-corrected chi connectivity index (χ0v) is 9.22. The highest BCUT2D eigenvalue weighted by molar-refractivity contribution is 9.10.